The van der Waals surface area contributed by atoms with Crippen molar-refractivity contribution in [2.75, 3.05) is 18.5 Å². The topological polar surface area (TPSA) is 73.3 Å². The monoisotopic (exact) mass is 277 g/mol. The van der Waals surface area contributed by atoms with Gasteiger partial charge in [-0.3, -0.25) is 4.79 Å². The van der Waals surface area contributed by atoms with Gasteiger partial charge in [-0.1, -0.05) is 17.4 Å². The van der Waals surface area contributed by atoms with E-state index in [1.807, 2.05) is 18.2 Å². The van der Waals surface area contributed by atoms with E-state index in [9.17, 15) is 4.79 Å². The zero-order valence-electron chi connectivity index (χ0n) is 9.96. The van der Waals surface area contributed by atoms with Gasteiger partial charge < -0.3 is 14.8 Å². The quantitative estimate of drug-likeness (QED) is 0.920. The highest BCUT2D eigenvalue weighted by Gasteiger charge is 2.13. The molecular formula is C12H11N3O3S. The van der Waals surface area contributed by atoms with Gasteiger partial charge in [-0.25, -0.2) is 0 Å². The third-order valence-electron chi connectivity index (χ3n) is 2.58. The number of hydrogen-bond acceptors (Lipinski definition) is 6. The van der Waals surface area contributed by atoms with E-state index in [1.165, 1.54) is 11.3 Å². The fraction of sp³-hybridized carbons (Fsp3) is 0.250. The second-order valence-corrected chi connectivity index (χ2v) is 4.78. The van der Waals surface area contributed by atoms with Crippen molar-refractivity contribution in [1.29, 1.82) is 0 Å². The first kappa shape index (κ1) is 11.9. The lowest BCUT2D eigenvalue weighted by Crippen LogP contribution is -2.17. The van der Waals surface area contributed by atoms with Crippen molar-refractivity contribution in [3.05, 3.63) is 29.3 Å². The molecule has 0 spiro atoms. The number of anilines is 1. The first-order chi connectivity index (χ1) is 9.31. The number of amides is 1. The van der Waals surface area contributed by atoms with E-state index < -0.39 is 0 Å². The van der Waals surface area contributed by atoms with E-state index >= 15 is 0 Å². The highest BCUT2D eigenvalue weighted by atomic mass is 32.1. The molecule has 0 fully saturated rings. The van der Waals surface area contributed by atoms with E-state index in [4.69, 9.17) is 9.47 Å². The van der Waals surface area contributed by atoms with Gasteiger partial charge in [0.15, 0.2) is 11.5 Å². The molecule has 2 aromatic rings. The van der Waals surface area contributed by atoms with E-state index in [1.54, 1.807) is 5.51 Å². The third-order valence-corrected chi connectivity index (χ3v) is 3.18. The molecule has 98 valence electrons. The van der Waals surface area contributed by atoms with Crippen LogP contribution in [0.1, 0.15) is 5.56 Å². The van der Waals surface area contributed by atoms with Crippen molar-refractivity contribution >= 4 is 22.4 Å². The van der Waals surface area contributed by atoms with E-state index in [0.717, 1.165) is 11.3 Å². The third kappa shape index (κ3) is 2.82. The number of carbonyl (C=O) groups is 1. The van der Waals surface area contributed by atoms with Gasteiger partial charge in [0.2, 0.25) is 11.0 Å². The van der Waals surface area contributed by atoms with Crippen LogP contribution in [0.25, 0.3) is 0 Å². The van der Waals surface area contributed by atoms with E-state index in [0.29, 0.717) is 24.1 Å². The van der Waals surface area contributed by atoms with Gasteiger partial charge in [-0.15, -0.1) is 10.2 Å². The van der Waals surface area contributed by atoms with Gasteiger partial charge in [0.25, 0.3) is 0 Å². The predicted molar refractivity (Wildman–Crippen MR) is 69.7 cm³/mol. The average Bonchev–Trinajstić information content (AvgIpc) is 2.91. The lowest BCUT2D eigenvalue weighted by atomic mass is 10.1. The van der Waals surface area contributed by atoms with Crippen LogP contribution in [0.15, 0.2) is 23.7 Å². The summed E-state index contributed by atoms with van der Waals surface area (Å²) in [5.74, 6) is 1.28. The van der Waals surface area contributed by atoms with Crippen LogP contribution in [-0.4, -0.2) is 29.3 Å². The summed E-state index contributed by atoms with van der Waals surface area (Å²) in [5.41, 5.74) is 2.44. The average molecular weight is 277 g/mol. The SMILES string of the molecule is O=C(Cc1ccc2c(c1)OCCO2)Nc1nncs1. The van der Waals surface area contributed by atoms with Crippen LogP contribution in [0.3, 0.4) is 0 Å². The maximum absolute atomic E-state index is 11.8. The number of benzene rings is 1. The molecule has 3 rings (SSSR count). The van der Waals surface area contributed by atoms with Crippen molar-refractivity contribution in [2.24, 2.45) is 0 Å². The predicted octanol–water partition coefficient (Wildman–Crippen LogP) is 1.49. The number of aromatic nitrogens is 2. The van der Waals surface area contributed by atoms with Gasteiger partial charge in [0.1, 0.15) is 18.7 Å². The number of nitrogens with zero attached hydrogens (tertiary/aromatic N) is 2. The lowest BCUT2D eigenvalue weighted by Gasteiger charge is -2.18. The first-order valence-electron chi connectivity index (χ1n) is 5.76. The van der Waals surface area contributed by atoms with Gasteiger partial charge >= 0.3 is 0 Å². The van der Waals surface area contributed by atoms with Crippen LogP contribution in [0.4, 0.5) is 5.13 Å². The van der Waals surface area contributed by atoms with Crippen molar-refractivity contribution in [3.63, 3.8) is 0 Å². The fourth-order valence-electron chi connectivity index (χ4n) is 1.77. The Bertz CT molecular complexity index is 586. The second-order valence-electron chi connectivity index (χ2n) is 3.95. The molecule has 0 atom stereocenters. The molecule has 2 heterocycles. The van der Waals surface area contributed by atoms with E-state index in [-0.39, 0.29) is 12.3 Å². The molecule has 1 aromatic heterocycles. The maximum atomic E-state index is 11.8. The molecule has 1 aliphatic rings. The van der Waals surface area contributed by atoms with Crippen LogP contribution < -0.4 is 14.8 Å². The second kappa shape index (κ2) is 5.23. The Morgan fingerprint density at radius 3 is 2.95 bits per heavy atom. The number of rotatable bonds is 3. The van der Waals surface area contributed by atoms with Crippen molar-refractivity contribution in [1.82, 2.24) is 10.2 Å². The van der Waals surface area contributed by atoms with Gasteiger partial charge in [0.05, 0.1) is 6.42 Å². The smallest absolute Gasteiger partial charge is 0.230 e. The lowest BCUT2D eigenvalue weighted by molar-refractivity contribution is -0.115. The number of fused-ring (bicyclic) bond motifs is 1. The summed E-state index contributed by atoms with van der Waals surface area (Å²) in [6, 6.07) is 5.50. The Labute approximate surface area is 113 Å². The Morgan fingerprint density at radius 2 is 2.16 bits per heavy atom. The summed E-state index contributed by atoms with van der Waals surface area (Å²) >= 11 is 1.29. The van der Waals surface area contributed by atoms with Crippen LogP contribution in [-0.2, 0) is 11.2 Å². The van der Waals surface area contributed by atoms with Crippen LogP contribution >= 0.6 is 11.3 Å². The van der Waals surface area contributed by atoms with Crippen molar-refractivity contribution < 1.29 is 14.3 Å². The minimum Gasteiger partial charge on any atom is -0.486 e. The molecule has 0 unspecified atom stereocenters. The molecule has 1 aliphatic heterocycles. The van der Waals surface area contributed by atoms with Gasteiger partial charge in [-0.05, 0) is 17.7 Å². The normalized spacial score (nSPS) is 13.1. The highest BCUT2D eigenvalue weighted by Crippen LogP contribution is 2.30. The number of nitrogens with one attached hydrogen (secondary N) is 1. The zero-order valence-corrected chi connectivity index (χ0v) is 10.8. The van der Waals surface area contributed by atoms with E-state index in [2.05, 4.69) is 15.5 Å². The van der Waals surface area contributed by atoms with Gasteiger partial charge in [-0.2, -0.15) is 0 Å². The molecule has 1 amide bonds. The Balaban J connectivity index is 1.67. The molecule has 7 heteroatoms. The van der Waals surface area contributed by atoms with Crippen molar-refractivity contribution in [3.8, 4) is 11.5 Å². The molecule has 0 radical (unpaired) electrons. The summed E-state index contributed by atoms with van der Waals surface area (Å²) in [5, 5.41) is 10.6. The van der Waals surface area contributed by atoms with Crippen LogP contribution in [0, 0.1) is 0 Å². The Morgan fingerprint density at radius 1 is 1.32 bits per heavy atom. The molecule has 1 aromatic carbocycles. The summed E-state index contributed by atoms with van der Waals surface area (Å²) in [7, 11) is 0. The molecule has 0 saturated heterocycles. The number of ether oxygens (including phenoxy) is 2. The number of carbonyl (C=O) groups excluding carboxylic acids is 1. The summed E-state index contributed by atoms with van der Waals surface area (Å²) < 4.78 is 10.9. The summed E-state index contributed by atoms with van der Waals surface area (Å²) in [6.45, 7) is 1.09. The molecule has 6 nitrogen and oxygen atoms in total. The van der Waals surface area contributed by atoms with Crippen LogP contribution in [0.2, 0.25) is 0 Å². The maximum Gasteiger partial charge on any atom is 0.230 e. The summed E-state index contributed by atoms with van der Waals surface area (Å²) in [4.78, 5) is 11.8. The minimum absolute atomic E-state index is 0.131. The first-order valence-corrected chi connectivity index (χ1v) is 6.64. The fourth-order valence-corrected chi connectivity index (χ4v) is 2.24. The minimum atomic E-state index is -0.131. The highest BCUT2D eigenvalue weighted by molar-refractivity contribution is 7.13. The molecule has 1 N–H and O–H groups in total. The van der Waals surface area contributed by atoms with Gasteiger partial charge in [0, 0.05) is 0 Å². The van der Waals surface area contributed by atoms with Crippen molar-refractivity contribution in [2.45, 2.75) is 6.42 Å². The van der Waals surface area contributed by atoms with Crippen LogP contribution in [0.5, 0.6) is 11.5 Å². The Kier molecular flexibility index (Phi) is 3.28. The Hall–Kier alpha value is -2.15. The summed E-state index contributed by atoms with van der Waals surface area (Å²) in [6.07, 6.45) is 0.260. The molecular weight excluding hydrogens is 266 g/mol. The molecule has 0 bridgehead atoms. The number of hydrogen-bond donors (Lipinski definition) is 1. The standard InChI is InChI=1S/C12H11N3O3S/c16-11(14-12-15-13-7-19-12)6-8-1-2-9-10(5-8)18-4-3-17-9/h1-2,5,7H,3-4,6H2,(H,14,15,16). The molecule has 0 aliphatic carbocycles. The zero-order chi connectivity index (χ0) is 13.1. The molecule has 19 heavy (non-hydrogen) atoms. The largest absolute Gasteiger partial charge is 0.486 e. The molecule has 0 saturated carbocycles.